The Morgan fingerprint density at radius 2 is 2.41 bits per heavy atom. The maximum Gasteiger partial charge on any atom is 0.327 e. The Morgan fingerprint density at radius 1 is 1.65 bits per heavy atom. The normalized spacial score (nSPS) is 9.71. The van der Waals surface area contributed by atoms with Crippen molar-refractivity contribution in [3.8, 4) is 0 Å². The summed E-state index contributed by atoms with van der Waals surface area (Å²) in [6.45, 7) is 3.56. The van der Waals surface area contributed by atoms with Crippen LogP contribution in [0.3, 0.4) is 0 Å². The van der Waals surface area contributed by atoms with Gasteiger partial charge in [-0.3, -0.25) is 14.3 Å². The lowest BCUT2D eigenvalue weighted by Crippen LogP contribution is -2.12. The molecule has 1 N–H and O–H groups in total. The quantitative estimate of drug-likeness (QED) is 0.590. The second-order valence-corrected chi connectivity index (χ2v) is 3.38. The lowest BCUT2D eigenvalue weighted by Gasteiger charge is -2.00. The lowest BCUT2D eigenvalue weighted by atomic mass is 10.3. The number of amides is 1. The average molecular weight is 237 g/mol. The number of esters is 1. The zero-order chi connectivity index (χ0) is 12.7. The molecule has 0 aromatic carbocycles. The molecule has 0 aliphatic carbocycles. The molecule has 1 rings (SSSR count). The van der Waals surface area contributed by atoms with Gasteiger partial charge < -0.3 is 10.1 Å². The summed E-state index contributed by atoms with van der Waals surface area (Å²) in [5.41, 5.74) is 0.558. The van der Waals surface area contributed by atoms with Crippen LogP contribution in [0.2, 0.25) is 0 Å². The van der Waals surface area contributed by atoms with Gasteiger partial charge in [-0.2, -0.15) is 5.10 Å². The highest BCUT2D eigenvalue weighted by atomic mass is 16.5. The fourth-order valence-electron chi connectivity index (χ4n) is 1.17. The maximum absolute atomic E-state index is 11.4. The topological polar surface area (TPSA) is 73.2 Å². The van der Waals surface area contributed by atoms with Crippen LogP contribution in [0.4, 0.5) is 5.69 Å². The van der Waals surface area contributed by atoms with Gasteiger partial charge in [0.1, 0.15) is 6.54 Å². The second-order valence-electron chi connectivity index (χ2n) is 3.38. The van der Waals surface area contributed by atoms with Crippen molar-refractivity contribution >= 4 is 17.6 Å². The Kier molecular flexibility index (Phi) is 4.93. The van der Waals surface area contributed by atoms with Crippen LogP contribution >= 0.6 is 0 Å². The first-order valence-corrected chi connectivity index (χ1v) is 5.15. The summed E-state index contributed by atoms with van der Waals surface area (Å²) in [4.78, 5) is 22.3. The SMILES string of the molecule is C=CCCC(=O)Nc1cnn(CC(=O)OC)c1. The lowest BCUT2D eigenvalue weighted by molar-refractivity contribution is -0.141. The molecule has 0 unspecified atom stereocenters. The van der Waals surface area contributed by atoms with Crippen molar-refractivity contribution in [1.82, 2.24) is 9.78 Å². The number of carbonyl (C=O) groups excluding carboxylic acids is 2. The van der Waals surface area contributed by atoms with E-state index in [1.165, 1.54) is 18.0 Å². The molecule has 6 nitrogen and oxygen atoms in total. The van der Waals surface area contributed by atoms with E-state index < -0.39 is 5.97 Å². The zero-order valence-electron chi connectivity index (χ0n) is 9.68. The van der Waals surface area contributed by atoms with Gasteiger partial charge >= 0.3 is 5.97 Å². The molecule has 1 aromatic heterocycles. The molecule has 0 spiro atoms. The first kappa shape index (κ1) is 13.0. The molecule has 0 atom stereocenters. The van der Waals surface area contributed by atoms with Crippen molar-refractivity contribution < 1.29 is 14.3 Å². The number of nitrogens with one attached hydrogen (secondary N) is 1. The molecule has 0 aliphatic rings. The van der Waals surface area contributed by atoms with Crippen LogP contribution in [0.15, 0.2) is 25.0 Å². The third-order valence-corrected chi connectivity index (χ3v) is 2.01. The van der Waals surface area contributed by atoms with E-state index in [1.807, 2.05) is 0 Å². The highest BCUT2D eigenvalue weighted by Crippen LogP contribution is 2.06. The highest BCUT2D eigenvalue weighted by molar-refractivity contribution is 5.90. The molecule has 92 valence electrons. The molecule has 0 saturated carbocycles. The van der Waals surface area contributed by atoms with E-state index in [1.54, 1.807) is 12.3 Å². The molecule has 0 saturated heterocycles. The predicted molar refractivity (Wildman–Crippen MR) is 62.3 cm³/mol. The highest BCUT2D eigenvalue weighted by Gasteiger charge is 2.06. The number of hydrogen-bond donors (Lipinski definition) is 1. The average Bonchev–Trinajstić information content (AvgIpc) is 2.73. The van der Waals surface area contributed by atoms with Crippen molar-refractivity contribution in [1.29, 1.82) is 0 Å². The third-order valence-electron chi connectivity index (χ3n) is 2.01. The van der Waals surface area contributed by atoms with Crippen molar-refractivity contribution in [2.24, 2.45) is 0 Å². The number of hydrogen-bond acceptors (Lipinski definition) is 4. The number of nitrogens with zero attached hydrogens (tertiary/aromatic N) is 2. The van der Waals surface area contributed by atoms with E-state index in [0.29, 0.717) is 18.5 Å². The molecule has 1 heterocycles. The first-order chi connectivity index (χ1) is 8.15. The van der Waals surface area contributed by atoms with Crippen molar-refractivity contribution in [3.05, 3.63) is 25.0 Å². The van der Waals surface area contributed by atoms with E-state index >= 15 is 0 Å². The molecule has 1 amide bonds. The van der Waals surface area contributed by atoms with Crippen molar-refractivity contribution in [2.45, 2.75) is 19.4 Å². The van der Waals surface area contributed by atoms with Gasteiger partial charge in [0.05, 0.1) is 19.0 Å². The summed E-state index contributed by atoms with van der Waals surface area (Å²) in [6.07, 6.45) is 5.74. The van der Waals surface area contributed by atoms with Gasteiger partial charge in [-0.15, -0.1) is 6.58 Å². The van der Waals surface area contributed by atoms with E-state index in [9.17, 15) is 9.59 Å². The molecule has 0 radical (unpaired) electrons. The molecular formula is C11H15N3O3. The number of rotatable bonds is 6. The van der Waals surface area contributed by atoms with Gasteiger partial charge in [-0.25, -0.2) is 0 Å². The predicted octanol–water partition coefficient (Wildman–Crippen LogP) is 0.961. The summed E-state index contributed by atoms with van der Waals surface area (Å²) < 4.78 is 5.90. The fourth-order valence-corrected chi connectivity index (χ4v) is 1.17. The number of carbonyl (C=O) groups is 2. The fraction of sp³-hybridized carbons (Fsp3) is 0.364. The van der Waals surface area contributed by atoms with Crippen LogP contribution in [0, 0.1) is 0 Å². The number of anilines is 1. The smallest absolute Gasteiger partial charge is 0.327 e. The van der Waals surface area contributed by atoms with E-state index in [0.717, 1.165) is 0 Å². The number of ether oxygens (including phenoxy) is 1. The van der Waals surface area contributed by atoms with E-state index in [2.05, 4.69) is 21.7 Å². The molecule has 17 heavy (non-hydrogen) atoms. The number of aromatic nitrogens is 2. The molecular weight excluding hydrogens is 222 g/mol. The van der Waals surface area contributed by atoms with Gasteiger partial charge in [0.25, 0.3) is 0 Å². The van der Waals surface area contributed by atoms with Crippen molar-refractivity contribution in [3.63, 3.8) is 0 Å². The largest absolute Gasteiger partial charge is 0.468 e. The van der Waals surface area contributed by atoms with Crippen LogP contribution in [0.25, 0.3) is 0 Å². The monoisotopic (exact) mass is 237 g/mol. The summed E-state index contributed by atoms with van der Waals surface area (Å²) >= 11 is 0. The minimum atomic E-state index is -0.391. The minimum Gasteiger partial charge on any atom is -0.468 e. The Hall–Kier alpha value is -2.11. The molecule has 0 fully saturated rings. The number of allylic oxidation sites excluding steroid dienone is 1. The first-order valence-electron chi connectivity index (χ1n) is 5.15. The minimum absolute atomic E-state index is 0.0268. The second kappa shape index (κ2) is 6.47. The van der Waals surface area contributed by atoms with Gasteiger partial charge in [-0.1, -0.05) is 6.08 Å². The van der Waals surface area contributed by atoms with Crippen LogP contribution in [-0.2, 0) is 20.9 Å². The molecule has 1 aromatic rings. The van der Waals surface area contributed by atoms with E-state index in [4.69, 9.17) is 0 Å². The van der Waals surface area contributed by atoms with Crippen LogP contribution in [-0.4, -0.2) is 28.8 Å². The summed E-state index contributed by atoms with van der Waals surface area (Å²) in [5, 5.41) is 6.58. The summed E-state index contributed by atoms with van der Waals surface area (Å²) in [7, 11) is 1.31. The third kappa shape index (κ3) is 4.50. The summed E-state index contributed by atoms with van der Waals surface area (Å²) in [6, 6.07) is 0. The Labute approximate surface area is 99.3 Å². The zero-order valence-corrected chi connectivity index (χ0v) is 9.68. The standard InChI is InChI=1S/C11H15N3O3/c1-3-4-5-10(15)13-9-6-12-14(7-9)8-11(16)17-2/h3,6-7H,1,4-5,8H2,2H3,(H,13,15). The Morgan fingerprint density at radius 3 is 3.06 bits per heavy atom. The molecule has 0 bridgehead atoms. The van der Waals surface area contributed by atoms with Crippen LogP contribution in [0.1, 0.15) is 12.8 Å². The van der Waals surface area contributed by atoms with Gasteiger partial charge in [0, 0.05) is 12.6 Å². The van der Waals surface area contributed by atoms with Gasteiger partial charge in [0.2, 0.25) is 5.91 Å². The van der Waals surface area contributed by atoms with Crippen LogP contribution in [0.5, 0.6) is 0 Å². The molecule has 6 heteroatoms. The molecule has 0 aliphatic heterocycles. The Balaban J connectivity index is 2.47. The van der Waals surface area contributed by atoms with E-state index in [-0.39, 0.29) is 12.5 Å². The Bertz CT molecular complexity index is 412. The van der Waals surface area contributed by atoms with Crippen molar-refractivity contribution in [2.75, 3.05) is 12.4 Å². The van der Waals surface area contributed by atoms with Gasteiger partial charge in [0.15, 0.2) is 0 Å². The summed E-state index contributed by atoms with van der Waals surface area (Å²) in [5.74, 6) is -0.500. The van der Waals surface area contributed by atoms with Crippen LogP contribution < -0.4 is 5.32 Å². The maximum atomic E-state index is 11.4. The van der Waals surface area contributed by atoms with Gasteiger partial charge in [-0.05, 0) is 6.42 Å². The number of methoxy groups -OCH3 is 1.